The Morgan fingerprint density at radius 2 is 1.92 bits per heavy atom. The molecule has 0 saturated carbocycles. The zero-order valence-corrected chi connectivity index (χ0v) is 13.4. The Labute approximate surface area is 140 Å². The van der Waals surface area contributed by atoms with E-state index in [0.29, 0.717) is 22.8 Å². The third-order valence-corrected chi connectivity index (χ3v) is 4.61. The molecule has 3 aromatic heterocycles. The van der Waals surface area contributed by atoms with Gasteiger partial charge in [-0.3, -0.25) is 9.38 Å². The van der Waals surface area contributed by atoms with E-state index in [0.717, 1.165) is 16.9 Å². The minimum absolute atomic E-state index is 0.314. The van der Waals surface area contributed by atoms with E-state index in [-0.39, 0.29) is 5.82 Å². The first kappa shape index (κ1) is 14.8. The van der Waals surface area contributed by atoms with Gasteiger partial charge in [0.25, 0.3) is 0 Å². The van der Waals surface area contributed by atoms with Gasteiger partial charge in [-0.05, 0) is 37.3 Å². The monoisotopic (exact) mass is 342 g/mol. The molecule has 0 radical (unpaired) electrons. The largest absolute Gasteiger partial charge is 0.339 e. The molecular formula is C17H12F2N4S. The van der Waals surface area contributed by atoms with Crippen molar-refractivity contribution in [1.82, 2.24) is 14.4 Å². The fourth-order valence-electron chi connectivity index (χ4n) is 2.54. The van der Waals surface area contributed by atoms with Crippen LogP contribution in [0, 0.1) is 18.6 Å². The fourth-order valence-corrected chi connectivity index (χ4v) is 3.40. The summed E-state index contributed by atoms with van der Waals surface area (Å²) in [5.74, 6) is -0.116. The van der Waals surface area contributed by atoms with E-state index in [1.54, 1.807) is 18.2 Å². The van der Waals surface area contributed by atoms with Gasteiger partial charge in [0.05, 0.1) is 6.20 Å². The highest BCUT2D eigenvalue weighted by molar-refractivity contribution is 7.15. The summed E-state index contributed by atoms with van der Waals surface area (Å²) in [6.45, 7) is 1.95. The van der Waals surface area contributed by atoms with Crippen LogP contribution in [-0.4, -0.2) is 14.4 Å². The molecule has 0 aliphatic rings. The summed E-state index contributed by atoms with van der Waals surface area (Å²) in [5.41, 5.74) is 2.53. The average Bonchev–Trinajstić information content (AvgIpc) is 3.11. The van der Waals surface area contributed by atoms with Gasteiger partial charge in [0.2, 0.25) is 0 Å². The maximum atomic E-state index is 14.2. The third-order valence-electron chi connectivity index (χ3n) is 3.67. The normalized spacial score (nSPS) is 11.1. The summed E-state index contributed by atoms with van der Waals surface area (Å²) < 4.78 is 29.2. The molecule has 0 amide bonds. The number of hydrogen-bond acceptors (Lipinski definition) is 4. The lowest BCUT2D eigenvalue weighted by Gasteiger charge is -2.09. The van der Waals surface area contributed by atoms with Crippen molar-refractivity contribution in [3.05, 3.63) is 65.4 Å². The van der Waals surface area contributed by atoms with Crippen molar-refractivity contribution in [3.8, 4) is 11.3 Å². The van der Waals surface area contributed by atoms with Crippen molar-refractivity contribution >= 4 is 27.8 Å². The molecule has 0 aliphatic heterocycles. The molecule has 120 valence electrons. The lowest BCUT2D eigenvalue weighted by Crippen LogP contribution is -1.98. The number of nitrogens with one attached hydrogen (secondary N) is 1. The quantitative estimate of drug-likeness (QED) is 0.582. The molecule has 24 heavy (non-hydrogen) atoms. The van der Waals surface area contributed by atoms with E-state index < -0.39 is 5.82 Å². The Balaban J connectivity index is 1.91. The van der Waals surface area contributed by atoms with Gasteiger partial charge >= 0.3 is 0 Å². The smallest absolute Gasteiger partial charge is 0.196 e. The molecule has 0 aliphatic carbocycles. The molecule has 0 saturated heterocycles. The van der Waals surface area contributed by atoms with Crippen LogP contribution >= 0.6 is 11.3 Å². The molecule has 0 spiro atoms. The molecular weight excluding hydrogens is 330 g/mol. The number of pyridine rings is 1. The van der Waals surface area contributed by atoms with E-state index in [9.17, 15) is 8.78 Å². The van der Waals surface area contributed by atoms with Gasteiger partial charge in [0.1, 0.15) is 17.3 Å². The van der Waals surface area contributed by atoms with Crippen LogP contribution in [0.1, 0.15) is 5.69 Å². The second kappa shape index (κ2) is 5.68. The molecule has 0 bridgehead atoms. The zero-order valence-electron chi connectivity index (χ0n) is 12.6. The van der Waals surface area contributed by atoms with Crippen LogP contribution in [0.4, 0.5) is 20.3 Å². The van der Waals surface area contributed by atoms with Crippen molar-refractivity contribution in [2.75, 3.05) is 5.32 Å². The highest BCUT2D eigenvalue weighted by Crippen LogP contribution is 2.35. The fraction of sp³-hybridized carbons (Fsp3) is 0.0588. The molecule has 7 heteroatoms. The minimum atomic E-state index is -0.442. The van der Waals surface area contributed by atoms with E-state index in [2.05, 4.69) is 15.3 Å². The molecule has 0 atom stereocenters. The summed E-state index contributed by atoms with van der Waals surface area (Å²) in [6.07, 6.45) is 2.69. The number of benzene rings is 1. The van der Waals surface area contributed by atoms with Crippen molar-refractivity contribution < 1.29 is 8.78 Å². The molecule has 4 aromatic rings. The van der Waals surface area contributed by atoms with Gasteiger partial charge in [0, 0.05) is 28.5 Å². The number of halogens is 2. The maximum absolute atomic E-state index is 14.2. The second-order valence-electron chi connectivity index (χ2n) is 5.29. The van der Waals surface area contributed by atoms with Crippen molar-refractivity contribution in [2.45, 2.75) is 6.92 Å². The Morgan fingerprint density at radius 3 is 2.67 bits per heavy atom. The van der Waals surface area contributed by atoms with Crippen molar-refractivity contribution in [1.29, 1.82) is 0 Å². The number of aromatic nitrogens is 3. The van der Waals surface area contributed by atoms with E-state index in [1.165, 1.54) is 29.7 Å². The van der Waals surface area contributed by atoms with Crippen molar-refractivity contribution in [2.24, 2.45) is 0 Å². The van der Waals surface area contributed by atoms with Crippen LogP contribution in [0.5, 0.6) is 0 Å². The highest BCUT2D eigenvalue weighted by atomic mass is 32.1. The minimum Gasteiger partial charge on any atom is -0.339 e. The predicted molar refractivity (Wildman–Crippen MR) is 90.7 cm³/mol. The molecule has 1 N–H and O–H groups in total. The van der Waals surface area contributed by atoms with E-state index in [1.807, 2.05) is 16.7 Å². The lowest BCUT2D eigenvalue weighted by atomic mass is 10.2. The van der Waals surface area contributed by atoms with Gasteiger partial charge in [0.15, 0.2) is 10.8 Å². The van der Waals surface area contributed by atoms with Crippen LogP contribution in [0.25, 0.3) is 16.2 Å². The Hall–Kier alpha value is -2.80. The molecule has 4 nitrogen and oxygen atoms in total. The van der Waals surface area contributed by atoms with Crippen LogP contribution in [0.3, 0.4) is 0 Å². The molecule has 3 heterocycles. The summed E-state index contributed by atoms with van der Waals surface area (Å²) in [5, 5.41) is 5.21. The van der Waals surface area contributed by atoms with Crippen LogP contribution < -0.4 is 5.32 Å². The number of thiazole rings is 1. The van der Waals surface area contributed by atoms with Crippen LogP contribution in [0.15, 0.2) is 48.1 Å². The number of fused-ring (bicyclic) bond motifs is 1. The summed E-state index contributed by atoms with van der Waals surface area (Å²) >= 11 is 1.48. The SMILES string of the molecule is Cc1csc2nc(-c3ccncc3F)c(Nc3ccc(F)cc3)n12. The Morgan fingerprint density at radius 1 is 1.12 bits per heavy atom. The number of hydrogen-bond donors (Lipinski definition) is 1. The van der Waals surface area contributed by atoms with Gasteiger partial charge in [-0.15, -0.1) is 11.3 Å². The van der Waals surface area contributed by atoms with E-state index >= 15 is 0 Å². The first-order valence-corrected chi connectivity index (χ1v) is 8.10. The molecule has 4 rings (SSSR count). The number of rotatable bonds is 3. The Kier molecular flexibility index (Phi) is 3.50. The van der Waals surface area contributed by atoms with Crippen LogP contribution in [-0.2, 0) is 0 Å². The van der Waals surface area contributed by atoms with Gasteiger partial charge in [-0.1, -0.05) is 0 Å². The topological polar surface area (TPSA) is 42.2 Å². The summed E-state index contributed by atoms with van der Waals surface area (Å²) in [6, 6.07) is 7.58. The summed E-state index contributed by atoms with van der Waals surface area (Å²) in [7, 11) is 0. The standard InChI is InChI=1S/C17H12F2N4S/c1-10-9-24-17-22-15(13-6-7-20-8-14(13)19)16(23(10)17)21-12-4-2-11(18)3-5-12/h2-9,21H,1H3. The zero-order chi connectivity index (χ0) is 16.7. The molecule has 0 fully saturated rings. The first-order chi connectivity index (χ1) is 11.6. The Bertz CT molecular complexity index is 1020. The van der Waals surface area contributed by atoms with Crippen LogP contribution in [0.2, 0.25) is 0 Å². The predicted octanol–water partition coefficient (Wildman–Crippen LogP) is 4.79. The summed E-state index contributed by atoms with van der Waals surface area (Å²) in [4.78, 5) is 9.09. The van der Waals surface area contributed by atoms with E-state index in [4.69, 9.17) is 0 Å². The second-order valence-corrected chi connectivity index (χ2v) is 6.13. The number of nitrogens with zero attached hydrogens (tertiary/aromatic N) is 3. The third kappa shape index (κ3) is 2.43. The van der Waals surface area contributed by atoms with Gasteiger partial charge < -0.3 is 5.32 Å². The lowest BCUT2D eigenvalue weighted by molar-refractivity contribution is 0.624. The first-order valence-electron chi connectivity index (χ1n) is 7.22. The number of imidazole rings is 1. The average molecular weight is 342 g/mol. The number of aryl methyl sites for hydroxylation is 1. The van der Waals surface area contributed by atoms with Gasteiger partial charge in [-0.2, -0.15) is 0 Å². The molecule has 0 unspecified atom stereocenters. The van der Waals surface area contributed by atoms with Crippen molar-refractivity contribution in [3.63, 3.8) is 0 Å². The van der Waals surface area contributed by atoms with Gasteiger partial charge in [-0.25, -0.2) is 13.8 Å². The maximum Gasteiger partial charge on any atom is 0.196 e. The highest BCUT2D eigenvalue weighted by Gasteiger charge is 2.19. The number of anilines is 2. The molecule has 1 aromatic carbocycles.